The molecular formula is C12H15BrO. The van der Waals surface area contributed by atoms with Gasteiger partial charge in [0, 0.05) is 4.83 Å². The van der Waals surface area contributed by atoms with Crippen molar-refractivity contribution in [3.63, 3.8) is 0 Å². The molecule has 2 rings (SSSR count). The molecule has 1 nitrogen and oxygen atoms in total. The lowest BCUT2D eigenvalue weighted by molar-refractivity contribution is -0.0379. The van der Waals surface area contributed by atoms with Crippen molar-refractivity contribution in [2.45, 2.75) is 36.8 Å². The van der Waals surface area contributed by atoms with E-state index < -0.39 is 0 Å². The summed E-state index contributed by atoms with van der Waals surface area (Å²) in [6.45, 7) is 2.14. The molecule has 1 aromatic carbocycles. The Bertz CT molecular complexity index is 276. The predicted octanol–water partition coefficient (Wildman–Crippen LogP) is 3.69. The van der Waals surface area contributed by atoms with Gasteiger partial charge in [-0.05, 0) is 25.3 Å². The first-order valence-electron chi connectivity index (χ1n) is 5.10. The highest BCUT2D eigenvalue weighted by Gasteiger charge is 2.26. The summed E-state index contributed by atoms with van der Waals surface area (Å²) in [4.78, 5) is 0.594. The van der Waals surface area contributed by atoms with Crippen molar-refractivity contribution in [3.05, 3.63) is 35.9 Å². The topological polar surface area (TPSA) is 9.23 Å². The van der Waals surface area contributed by atoms with E-state index in [0.29, 0.717) is 10.9 Å². The Hall–Kier alpha value is -0.340. The fourth-order valence-electron chi connectivity index (χ4n) is 1.96. The summed E-state index contributed by atoms with van der Waals surface area (Å²) in [5.74, 6) is 0. The molecule has 14 heavy (non-hydrogen) atoms. The number of hydrogen-bond acceptors (Lipinski definition) is 1. The van der Waals surface area contributed by atoms with Gasteiger partial charge in [-0.2, -0.15) is 0 Å². The van der Waals surface area contributed by atoms with Crippen molar-refractivity contribution in [1.29, 1.82) is 0 Å². The van der Waals surface area contributed by atoms with Gasteiger partial charge in [-0.15, -0.1) is 0 Å². The molecule has 1 aliphatic rings. The molecule has 3 atom stereocenters. The smallest absolute Gasteiger partial charge is 0.0839 e. The Labute approximate surface area is 93.6 Å². The van der Waals surface area contributed by atoms with Crippen molar-refractivity contribution in [1.82, 2.24) is 0 Å². The van der Waals surface area contributed by atoms with Crippen LogP contribution in [0.1, 0.15) is 31.4 Å². The lowest BCUT2D eigenvalue weighted by Gasteiger charge is -2.31. The van der Waals surface area contributed by atoms with E-state index in [1.54, 1.807) is 0 Å². The standard InChI is InChI=1S/C12H15BrO/c1-9-7-11(13)8-12(14-9)10-5-3-2-4-6-10/h2-6,9,11-12H,7-8H2,1H3/t9-,11?,12?/m0/s1. The SMILES string of the molecule is C[C@H]1CC(Br)CC(c2ccccc2)O1. The molecule has 0 aromatic heterocycles. The van der Waals surface area contributed by atoms with Gasteiger partial charge < -0.3 is 4.74 Å². The van der Waals surface area contributed by atoms with Gasteiger partial charge in [-0.3, -0.25) is 0 Å². The maximum atomic E-state index is 5.91. The van der Waals surface area contributed by atoms with Crippen LogP contribution in [0, 0.1) is 0 Å². The second-order valence-corrected chi connectivity index (χ2v) is 5.21. The molecule has 1 heterocycles. The molecule has 0 saturated carbocycles. The average Bonchev–Trinajstić information content (AvgIpc) is 2.18. The van der Waals surface area contributed by atoms with Gasteiger partial charge in [0.2, 0.25) is 0 Å². The van der Waals surface area contributed by atoms with Crippen LogP contribution in [0.15, 0.2) is 30.3 Å². The molecule has 1 aliphatic heterocycles. The van der Waals surface area contributed by atoms with Crippen LogP contribution in [-0.2, 0) is 4.74 Å². The number of hydrogen-bond donors (Lipinski definition) is 0. The molecule has 0 N–H and O–H groups in total. The van der Waals surface area contributed by atoms with Gasteiger partial charge in [0.25, 0.3) is 0 Å². The summed E-state index contributed by atoms with van der Waals surface area (Å²) in [6, 6.07) is 10.5. The highest BCUT2D eigenvalue weighted by molar-refractivity contribution is 9.09. The van der Waals surface area contributed by atoms with Gasteiger partial charge >= 0.3 is 0 Å². The molecule has 1 aromatic rings. The van der Waals surface area contributed by atoms with Crippen LogP contribution < -0.4 is 0 Å². The predicted molar refractivity (Wildman–Crippen MR) is 61.7 cm³/mol. The highest BCUT2D eigenvalue weighted by Crippen LogP contribution is 2.34. The number of halogens is 1. The van der Waals surface area contributed by atoms with Gasteiger partial charge in [0.15, 0.2) is 0 Å². The van der Waals surface area contributed by atoms with E-state index in [-0.39, 0.29) is 6.10 Å². The normalized spacial score (nSPS) is 32.9. The van der Waals surface area contributed by atoms with Crippen LogP contribution >= 0.6 is 15.9 Å². The minimum Gasteiger partial charge on any atom is -0.371 e. The summed E-state index contributed by atoms with van der Waals surface area (Å²) in [7, 11) is 0. The van der Waals surface area contributed by atoms with Crippen LogP contribution in [0.5, 0.6) is 0 Å². The van der Waals surface area contributed by atoms with E-state index in [4.69, 9.17) is 4.74 Å². The average molecular weight is 255 g/mol. The molecule has 1 saturated heterocycles. The molecule has 76 valence electrons. The summed E-state index contributed by atoms with van der Waals surface area (Å²) in [5.41, 5.74) is 1.29. The Morgan fingerprint density at radius 2 is 1.93 bits per heavy atom. The second-order valence-electron chi connectivity index (χ2n) is 3.91. The van der Waals surface area contributed by atoms with Gasteiger partial charge in [-0.1, -0.05) is 46.3 Å². The zero-order valence-corrected chi connectivity index (χ0v) is 9.91. The fourth-order valence-corrected chi connectivity index (χ4v) is 2.83. The molecule has 2 unspecified atom stereocenters. The summed E-state index contributed by atoms with van der Waals surface area (Å²) < 4.78 is 5.91. The number of rotatable bonds is 1. The summed E-state index contributed by atoms with van der Waals surface area (Å²) in [6.07, 6.45) is 2.82. The third-order valence-electron chi connectivity index (χ3n) is 2.63. The van der Waals surface area contributed by atoms with Crippen molar-refractivity contribution < 1.29 is 4.74 Å². The Balaban J connectivity index is 2.11. The second kappa shape index (κ2) is 4.45. The first-order chi connectivity index (χ1) is 6.75. The first kappa shape index (κ1) is 10.2. The number of ether oxygens (including phenoxy) is 1. The molecule has 0 bridgehead atoms. The molecule has 0 radical (unpaired) electrons. The maximum Gasteiger partial charge on any atom is 0.0839 e. The molecule has 0 spiro atoms. The van der Waals surface area contributed by atoms with Gasteiger partial charge in [0.1, 0.15) is 0 Å². The number of alkyl halides is 1. The lowest BCUT2D eigenvalue weighted by atomic mass is 9.99. The van der Waals surface area contributed by atoms with Gasteiger partial charge in [-0.25, -0.2) is 0 Å². The lowest BCUT2D eigenvalue weighted by Crippen LogP contribution is -2.26. The quantitative estimate of drug-likeness (QED) is 0.695. The third kappa shape index (κ3) is 2.37. The van der Waals surface area contributed by atoms with Crippen molar-refractivity contribution in [3.8, 4) is 0 Å². The largest absolute Gasteiger partial charge is 0.371 e. The van der Waals surface area contributed by atoms with E-state index in [9.17, 15) is 0 Å². The van der Waals surface area contributed by atoms with Crippen LogP contribution in [-0.4, -0.2) is 10.9 Å². The van der Waals surface area contributed by atoms with E-state index in [1.165, 1.54) is 5.56 Å². The zero-order chi connectivity index (χ0) is 9.97. The Morgan fingerprint density at radius 1 is 1.21 bits per heavy atom. The van der Waals surface area contributed by atoms with Gasteiger partial charge in [0.05, 0.1) is 12.2 Å². The van der Waals surface area contributed by atoms with E-state index in [2.05, 4.69) is 47.1 Å². The van der Waals surface area contributed by atoms with Crippen LogP contribution in [0.25, 0.3) is 0 Å². The van der Waals surface area contributed by atoms with Crippen LogP contribution in [0.2, 0.25) is 0 Å². The molecule has 2 heteroatoms. The monoisotopic (exact) mass is 254 g/mol. The number of benzene rings is 1. The van der Waals surface area contributed by atoms with Crippen LogP contribution in [0.4, 0.5) is 0 Å². The molecule has 0 amide bonds. The van der Waals surface area contributed by atoms with E-state index >= 15 is 0 Å². The minimum absolute atomic E-state index is 0.268. The van der Waals surface area contributed by atoms with Crippen molar-refractivity contribution >= 4 is 15.9 Å². The summed E-state index contributed by atoms with van der Waals surface area (Å²) in [5, 5.41) is 0. The Morgan fingerprint density at radius 3 is 2.57 bits per heavy atom. The first-order valence-corrected chi connectivity index (χ1v) is 6.02. The highest BCUT2D eigenvalue weighted by atomic mass is 79.9. The fraction of sp³-hybridized carbons (Fsp3) is 0.500. The van der Waals surface area contributed by atoms with Crippen molar-refractivity contribution in [2.24, 2.45) is 0 Å². The molecular weight excluding hydrogens is 240 g/mol. The maximum absolute atomic E-state index is 5.91. The van der Waals surface area contributed by atoms with E-state index in [0.717, 1.165) is 12.8 Å². The third-order valence-corrected chi connectivity index (χ3v) is 3.37. The van der Waals surface area contributed by atoms with Crippen LogP contribution in [0.3, 0.4) is 0 Å². The summed E-state index contributed by atoms with van der Waals surface area (Å²) >= 11 is 3.69. The minimum atomic E-state index is 0.268. The Kier molecular flexibility index (Phi) is 3.24. The zero-order valence-electron chi connectivity index (χ0n) is 8.32. The van der Waals surface area contributed by atoms with Crippen molar-refractivity contribution in [2.75, 3.05) is 0 Å². The van der Waals surface area contributed by atoms with E-state index in [1.807, 2.05) is 6.07 Å². The molecule has 1 fully saturated rings. The molecule has 0 aliphatic carbocycles.